The lowest BCUT2D eigenvalue weighted by atomic mass is 10.1. The zero-order valence-electron chi connectivity index (χ0n) is 6.16. The van der Waals surface area contributed by atoms with Crippen LogP contribution in [0.5, 0.6) is 0 Å². The summed E-state index contributed by atoms with van der Waals surface area (Å²) in [7, 11) is 0. The molecule has 2 unspecified atom stereocenters. The standard InChI is InChI=1S/C7H11O3/c1-4-5(2)6(3)10-7(8)9/h4-6H,1H2,2-3H3. The second kappa shape index (κ2) is 3.93. The molecule has 0 saturated carbocycles. The minimum absolute atomic E-state index is 0.0258. The number of hydrogen-bond acceptors (Lipinski definition) is 2. The Balaban J connectivity index is 3.71. The third-order valence-corrected chi connectivity index (χ3v) is 1.39. The van der Waals surface area contributed by atoms with E-state index in [-0.39, 0.29) is 12.0 Å². The van der Waals surface area contributed by atoms with Crippen molar-refractivity contribution in [1.82, 2.24) is 0 Å². The summed E-state index contributed by atoms with van der Waals surface area (Å²) in [6.45, 7) is 6.97. The largest absolute Gasteiger partial charge is 0.550 e. The monoisotopic (exact) mass is 143 g/mol. The molecule has 0 rings (SSSR count). The minimum atomic E-state index is -1.48. The SMILES string of the molecule is C=CC(C)C(C)OC([O])=O. The molecule has 0 aromatic rings. The Hall–Kier alpha value is -0.990. The van der Waals surface area contributed by atoms with Gasteiger partial charge in [0.05, 0.1) is 0 Å². The van der Waals surface area contributed by atoms with Crippen molar-refractivity contribution in [2.45, 2.75) is 20.0 Å². The van der Waals surface area contributed by atoms with Crippen LogP contribution >= 0.6 is 0 Å². The molecule has 0 aliphatic rings. The van der Waals surface area contributed by atoms with Gasteiger partial charge in [0.25, 0.3) is 0 Å². The maximum atomic E-state index is 9.86. The first-order valence-corrected chi connectivity index (χ1v) is 3.08. The Labute approximate surface area is 60.3 Å². The van der Waals surface area contributed by atoms with Gasteiger partial charge in [-0.25, -0.2) is 0 Å². The third-order valence-electron chi connectivity index (χ3n) is 1.39. The van der Waals surface area contributed by atoms with E-state index < -0.39 is 6.16 Å². The quantitative estimate of drug-likeness (QED) is 0.446. The lowest BCUT2D eigenvalue weighted by Crippen LogP contribution is -2.18. The summed E-state index contributed by atoms with van der Waals surface area (Å²) in [6.07, 6.45) is -0.225. The van der Waals surface area contributed by atoms with Crippen molar-refractivity contribution < 1.29 is 14.6 Å². The van der Waals surface area contributed by atoms with Crippen molar-refractivity contribution in [3.05, 3.63) is 12.7 Å². The summed E-state index contributed by atoms with van der Waals surface area (Å²) in [4.78, 5) is 9.86. The van der Waals surface area contributed by atoms with Crippen LogP contribution in [-0.4, -0.2) is 12.3 Å². The molecule has 3 nitrogen and oxygen atoms in total. The van der Waals surface area contributed by atoms with Crippen molar-refractivity contribution >= 4 is 6.16 Å². The van der Waals surface area contributed by atoms with E-state index in [1.165, 1.54) is 0 Å². The van der Waals surface area contributed by atoms with Crippen LogP contribution in [0, 0.1) is 5.92 Å². The topological polar surface area (TPSA) is 46.2 Å². The van der Waals surface area contributed by atoms with Crippen molar-refractivity contribution in [2.24, 2.45) is 5.92 Å². The van der Waals surface area contributed by atoms with Crippen molar-refractivity contribution in [1.29, 1.82) is 0 Å². The summed E-state index contributed by atoms with van der Waals surface area (Å²) < 4.78 is 4.34. The highest BCUT2D eigenvalue weighted by atomic mass is 16.7. The fraction of sp³-hybridized carbons (Fsp3) is 0.571. The molecule has 57 valence electrons. The molecule has 10 heavy (non-hydrogen) atoms. The maximum Gasteiger partial charge on any atom is 0.550 e. The highest BCUT2D eigenvalue weighted by Crippen LogP contribution is 2.07. The molecule has 2 atom stereocenters. The molecule has 0 aromatic carbocycles. The van der Waals surface area contributed by atoms with E-state index in [2.05, 4.69) is 11.3 Å². The molecule has 1 radical (unpaired) electrons. The van der Waals surface area contributed by atoms with E-state index in [1.54, 1.807) is 13.0 Å². The molecule has 0 saturated heterocycles. The zero-order chi connectivity index (χ0) is 8.15. The predicted molar refractivity (Wildman–Crippen MR) is 36.0 cm³/mol. The minimum Gasteiger partial charge on any atom is -0.428 e. The van der Waals surface area contributed by atoms with Crippen LogP contribution in [0.25, 0.3) is 0 Å². The summed E-state index contributed by atoms with van der Waals surface area (Å²) in [5, 5.41) is 9.86. The summed E-state index contributed by atoms with van der Waals surface area (Å²) in [5.74, 6) is 0.0258. The molecule has 0 aromatic heterocycles. The van der Waals surface area contributed by atoms with Gasteiger partial charge in [0.1, 0.15) is 6.10 Å². The van der Waals surface area contributed by atoms with Crippen LogP contribution in [0.15, 0.2) is 12.7 Å². The van der Waals surface area contributed by atoms with Crippen molar-refractivity contribution in [3.8, 4) is 0 Å². The molecule has 3 heteroatoms. The fourth-order valence-electron chi connectivity index (χ4n) is 0.451. The van der Waals surface area contributed by atoms with Gasteiger partial charge in [-0.05, 0) is 6.92 Å². The summed E-state index contributed by atoms with van der Waals surface area (Å²) >= 11 is 0. The molecule has 0 spiro atoms. The average Bonchev–Trinajstić information content (AvgIpc) is 1.85. The van der Waals surface area contributed by atoms with E-state index >= 15 is 0 Å². The summed E-state index contributed by atoms with van der Waals surface area (Å²) in [6, 6.07) is 0. The molecular weight excluding hydrogens is 132 g/mol. The Morgan fingerprint density at radius 2 is 2.10 bits per heavy atom. The smallest absolute Gasteiger partial charge is 0.428 e. The molecule has 0 heterocycles. The third kappa shape index (κ3) is 3.12. The summed E-state index contributed by atoms with van der Waals surface area (Å²) in [5.41, 5.74) is 0. The highest BCUT2D eigenvalue weighted by Gasteiger charge is 2.13. The van der Waals surface area contributed by atoms with Gasteiger partial charge in [-0.1, -0.05) is 13.0 Å². The lowest BCUT2D eigenvalue weighted by molar-refractivity contribution is 0.0267. The van der Waals surface area contributed by atoms with E-state index in [0.717, 1.165) is 0 Å². The lowest BCUT2D eigenvalue weighted by Gasteiger charge is -2.13. The number of carbonyl (C=O) groups excluding carboxylic acids is 1. The first-order valence-electron chi connectivity index (χ1n) is 3.08. The van der Waals surface area contributed by atoms with Gasteiger partial charge in [-0.3, -0.25) is 0 Å². The van der Waals surface area contributed by atoms with Crippen molar-refractivity contribution in [3.63, 3.8) is 0 Å². The van der Waals surface area contributed by atoms with Gasteiger partial charge in [0, 0.05) is 5.92 Å². The molecule has 0 amide bonds. The Bertz CT molecular complexity index is 131. The first-order chi connectivity index (χ1) is 4.57. The first kappa shape index (κ1) is 9.01. The molecule has 0 bridgehead atoms. The van der Waals surface area contributed by atoms with Gasteiger partial charge in [0.2, 0.25) is 0 Å². The van der Waals surface area contributed by atoms with Crippen LogP contribution in [0.1, 0.15) is 13.8 Å². The molecule has 0 fully saturated rings. The van der Waals surface area contributed by atoms with Gasteiger partial charge >= 0.3 is 6.16 Å². The number of carbonyl (C=O) groups is 1. The Morgan fingerprint density at radius 1 is 1.60 bits per heavy atom. The zero-order valence-corrected chi connectivity index (χ0v) is 6.16. The number of hydrogen-bond donors (Lipinski definition) is 0. The van der Waals surface area contributed by atoms with Crippen LogP contribution in [-0.2, 0) is 9.84 Å². The Morgan fingerprint density at radius 3 is 2.40 bits per heavy atom. The highest BCUT2D eigenvalue weighted by molar-refractivity contribution is 5.56. The van der Waals surface area contributed by atoms with Crippen LogP contribution in [0.3, 0.4) is 0 Å². The van der Waals surface area contributed by atoms with Crippen LogP contribution in [0.2, 0.25) is 0 Å². The van der Waals surface area contributed by atoms with E-state index in [1.807, 2.05) is 6.92 Å². The van der Waals surface area contributed by atoms with Gasteiger partial charge in [-0.2, -0.15) is 9.90 Å². The van der Waals surface area contributed by atoms with Gasteiger partial charge in [-0.15, -0.1) is 6.58 Å². The van der Waals surface area contributed by atoms with E-state index in [0.29, 0.717) is 0 Å². The van der Waals surface area contributed by atoms with Crippen LogP contribution < -0.4 is 0 Å². The van der Waals surface area contributed by atoms with E-state index in [4.69, 9.17) is 0 Å². The van der Waals surface area contributed by atoms with Crippen LogP contribution in [0.4, 0.5) is 4.79 Å². The fourth-order valence-corrected chi connectivity index (χ4v) is 0.451. The number of rotatable bonds is 3. The normalized spacial score (nSPS) is 15.4. The average molecular weight is 143 g/mol. The van der Waals surface area contributed by atoms with E-state index in [9.17, 15) is 9.90 Å². The second-order valence-corrected chi connectivity index (χ2v) is 2.17. The predicted octanol–water partition coefficient (Wildman–Crippen LogP) is 1.76. The van der Waals surface area contributed by atoms with Crippen molar-refractivity contribution in [2.75, 3.05) is 0 Å². The molecule has 0 aliphatic carbocycles. The maximum absolute atomic E-state index is 9.86. The van der Waals surface area contributed by atoms with Gasteiger partial charge < -0.3 is 4.74 Å². The second-order valence-electron chi connectivity index (χ2n) is 2.17. The van der Waals surface area contributed by atoms with Gasteiger partial charge in [0.15, 0.2) is 0 Å². The Kier molecular flexibility index (Phi) is 3.54. The molecular formula is C7H11O3. The molecule has 0 aliphatic heterocycles. The number of ether oxygens (including phenoxy) is 1. The molecule has 0 N–H and O–H groups in total.